The molecular formula is C20H15F3N4O4. The number of alkyl halides is 3. The first-order chi connectivity index (χ1) is 14.7. The summed E-state index contributed by atoms with van der Waals surface area (Å²) in [5.74, 6) is -2.86. The Bertz CT molecular complexity index is 1120. The molecule has 0 spiro atoms. The molecule has 0 radical (unpaired) electrons. The number of nitrogens with one attached hydrogen (secondary N) is 1. The number of carboxylic acids is 1. The van der Waals surface area contributed by atoms with Crippen LogP contribution in [0.4, 0.5) is 13.2 Å². The van der Waals surface area contributed by atoms with Crippen molar-refractivity contribution in [1.29, 1.82) is 0 Å². The molecule has 8 nitrogen and oxygen atoms in total. The van der Waals surface area contributed by atoms with Crippen molar-refractivity contribution in [3.63, 3.8) is 0 Å². The number of hydrogen-bond donors (Lipinski definition) is 2. The quantitative estimate of drug-likeness (QED) is 0.616. The lowest BCUT2D eigenvalue weighted by Crippen LogP contribution is -2.35. The second-order valence-electron chi connectivity index (χ2n) is 6.37. The zero-order valence-corrected chi connectivity index (χ0v) is 15.8. The van der Waals surface area contributed by atoms with Gasteiger partial charge in [0.05, 0.1) is 17.9 Å². The number of halogens is 3. The molecule has 11 heteroatoms. The highest BCUT2D eigenvalue weighted by atomic mass is 19.4. The summed E-state index contributed by atoms with van der Waals surface area (Å²) in [4.78, 5) is 35.9. The Morgan fingerprint density at radius 1 is 1.10 bits per heavy atom. The lowest BCUT2D eigenvalue weighted by Gasteiger charge is -2.13. The normalized spacial score (nSPS) is 12.8. The molecule has 0 bridgehead atoms. The van der Waals surface area contributed by atoms with E-state index in [4.69, 9.17) is 9.90 Å². The molecule has 1 aliphatic heterocycles. The van der Waals surface area contributed by atoms with Gasteiger partial charge in [-0.1, -0.05) is 24.3 Å². The van der Waals surface area contributed by atoms with Crippen LogP contribution in [0.25, 0.3) is 22.5 Å². The van der Waals surface area contributed by atoms with E-state index in [0.29, 0.717) is 24.3 Å². The van der Waals surface area contributed by atoms with Crippen molar-refractivity contribution in [1.82, 2.24) is 20.1 Å². The molecule has 0 fully saturated rings. The first-order valence-corrected chi connectivity index (χ1v) is 8.87. The van der Waals surface area contributed by atoms with Crippen molar-refractivity contribution >= 4 is 18.2 Å². The summed E-state index contributed by atoms with van der Waals surface area (Å²) in [5, 5.41) is 14.5. The maximum absolute atomic E-state index is 11.9. The molecule has 0 saturated heterocycles. The van der Waals surface area contributed by atoms with Crippen LogP contribution in [0.5, 0.6) is 0 Å². The van der Waals surface area contributed by atoms with Crippen molar-refractivity contribution in [3.8, 4) is 22.5 Å². The molecule has 0 atom stereocenters. The fraction of sp³-hybridized carbons (Fsp3) is 0.150. The van der Waals surface area contributed by atoms with Crippen molar-refractivity contribution < 1.29 is 32.7 Å². The standard InChI is InChI=1S/C18H14N4O2.C2HF3O2/c23-11-12-1-3-13(4-2-12)15-9-14(5-6-19-15)16-10-17-18(24)20-7-8-22(17)21-16;3-2(4,5)1(6)7/h1-6,9-11H,7-8H2,(H,20,24);(H,6,7). The largest absolute Gasteiger partial charge is 0.490 e. The third kappa shape index (κ3) is 5.13. The van der Waals surface area contributed by atoms with Gasteiger partial charge in [0, 0.05) is 29.4 Å². The van der Waals surface area contributed by atoms with Crippen LogP contribution in [0.3, 0.4) is 0 Å². The fourth-order valence-electron chi connectivity index (χ4n) is 2.76. The second kappa shape index (κ2) is 8.78. The zero-order valence-electron chi connectivity index (χ0n) is 15.8. The molecular weight excluding hydrogens is 417 g/mol. The molecule has 0 unspecified atom stereocenters. The minimum absolute atomic E-state index is 0.0984. The second-order valence-corrected chi connectivity index (χ2v) is 6.37. The molecule has 31 heavy (non-hydrogen) atoms. The van der Waals surface area contributed by atoms with E-state index in [2.05, 4.69) is 15.4 Å². The number of carbonyl (C=O) groups excluding carboxylic acids is 2. The average Bonchev–Trinajstić information content (AvgIpc) is 3.20. The van der Waals surface area contributed by atoms with Crippen molar-refractivity contribution in [3.05, 3.63) is 59.9 Å². The van der Waals surface area contributed by atoms with Gasteiger partial charge < -0.3 is 10.4 Å². The monoisotopic (exact) mass is 432 g/mol. The Hall–Kier alpha value is -4.02. The third-order valence-corrected chi connectivity index (χ3v) is 4.26. The van der Waals surface area contributed by atoms with Gasteiger partial charge in [0.25, 0.3) is 5.91 Å². The van der Waals surface area contributed by atoms with E-state index in [9.17, 15) is 22.8 Å². The highest BCUT2D eigenvalue weighted by molar-refractivity contribution is 5.94. The smallest absolute Gasteiger partial charge is 0.475 e. The van der Waals surface area contributed by atoms with E-state index in [-0.39, 0.29) is 5.91 Å². The van der Waals surface area contributed by atoms with Crippen LogP contribution in [-0.4, -0.2) is 50.8 Å². The lowest BCUT2D eigenvalue weighted by atomic mass is 10.1. The van der Waals surface area contributed by atoms with Crippen LogP contribution >= 0.6 is 0 Å². The van der Waals surface area contributed by atoms with Crippen LogP contribution in [-0.2, 0) is 11.3 Å². The number of hydrogen-bond acceptors (Lipinski definition) is 5. The highest BCUT2D eigenvalue weighted by Gasteiger charge is 2.38. The number of fused-ring (bicyclic) bond motifs is 1. The zero-order chi connectivity index (χ0) is 22.6. The minimum atomic E-state index is -5.08. The number of aldehydes is 1. The number of nitrogens with zero attached hydrogens (tertiary/aromatic N) is 3. The lowest BCUT2D eigenvalue weighted by molar-refractivity contribution is -0.192. The number of carbonyl (C=O) groups is 3. The summed E-state index contributed by atoms with van der Waals surface area (Å²) in [7, 11) is 0. The molecule has 2 aromatic heterocycles. The number of pyridine rings is 1. The number of benzene rings is 1. The van der Waals surface area contributed by atoms with E-state index in [1.54, 1.807) is 29.1 Å². The maximum Gasteiger partial charge on any atom is 0.490 e. The van der Waals surface area contributed by atoms with Gasteiger partial charge in [-0.25, -0.2) is 4.79 Å². The predicted molar refractivity (Wildman–Crippen MR) is 102 cm³/mol. The van der Waals surface area contributed by atoms with Gasteiger partial charge in [0.1, 0.15) is 12.0 Å². The summed E-state index contributed by atoms with van der Waals surface area (Å²) in [6.45, 7) is 1.27. The Balaban J connectivity index is 0.000000339. The number of carboxylic acid groups (broad SMARTS) is 1. The summed E-state index contributed by atoms with van der Waals surface area (Å²) in [6, 6.07) is 12.8. The summed E-state index contributed by atoms with van der Waals surface area (Å²) < 4.78 is 33.5. The number of amides is 1. The van der Waals surface area contributed by atoms with E-state index in [0.717, 1.165) is 28.8 Å². The average molecular weight is 432 g/mol. The Morgan fingerprint density at radius 3 is 2.35 bits per heavy atom. The Labute approximate surface area is 173 Å². The highest BCUT2D eigenvalue weighted by Crippen LogP contribution is 2.25. The Morgan fingerprint density at radius 2 is 1.77 bits per heavy atom. The van der Waals surface area contributed by atoms with Crippen molar-refractivity contribution in [2.75, 3.05) is 6.54 Å². The van der Waals surface area contributed by atoms with Crippen LogP contribution in [0.1, 0.15) is 20.8 Å². The number of aliphatic carboxylic acids is 1. The van der Waals surface area contributed by atoms with Crippen molar-refractivity contribution in [2.45, 2.75) is 12.7 Å². The third-order valence-electron chi connectivity index (χ3n) is 4.26. The summed E-state index contributed by atoms with van der Waals surface area (Å²) in [6.07, 6.45) is -2.55. The Kier molecular flexibility index (Phi) is 6.14. The summed E-state index contributed by atoms with van der Waals surface area (Å²) >= 11 is 0. The first-order valence-electron chi connectivity index (χ1n) is 8.87. The fourth-order valence-corrected chi connectivity index (χ4v) is 2.76. The number of rotatable bonds is 3. The molecule has 4 rings (SSSR count). The van der Waals surface area contributed by atoms with Gasteiger partial charge in [0.15, 0.2) is 0 Å². The predicted octanol–water partition coefficient (Wildman–Crippen LogP) is 2.80. The topological polar surface area (TPSA) is 114 Å². The van der Waals surface area contributed by atoms with E-state index in [1.807, 2.05) is 24.3 Å². The molecule has 160 valence electrons. The minimum Gasteiger partial charge on any atom is -0.475 e. The molecule has 3 heterocycles. The van der Waals surface area contributed by atoms with E-state index in [1.165, 1.54) is 0 Å². The van der Waals surface area contributed by atoms with Gasteiger partial charge in [-0.2, -0.15) is 18.3 Å². The molecule has 2 N–H and O–H groups in total. The summed E-state index contributed by atoms with van der Waals surface area (Å²) in [5.41, 5.74) is 4.56. The maximum atomic E-state index is 11.9. The van der Waals surface area contributed by atoms with Gasteiger partial charge in [-0.3, -0.25) is 19.3 Å². The molecule has 1 aliphatic rings. The molecule has 1 aromatic carbocycles. The van der Waals surface area contributed by atoms with Crippen LogP contribution in [0.15, 0.2) is 48.7 Å². The van der Waals surface area contributed by atoms with Gasteiger partial charge >= 0.3 is 12.1 Å². The van der Waals surface area contributed by atoms with Gasteiger partial charge in [-0.05, 0) is 18.2 Å². The molecule has 1 amide bonds. The van der Waals surface area contributed by atoms with Gasteiger partial charge in [-0.15, -0.1) is 0 Å². The van der Waals surface area contributed by atoms with E-state index < -0.39 is 12.1 Å². The van der Waals surface area contributed by atoms with Crippen LogP contribution in [0.2, 0.25) is 0 Å². The van der Waals surface area contributed by atoms with Gasteiger partial charge in [0.2, 0.25) is 0 Å². The SMILES string of the molecule is O=C(O)C(F)(F)F.O=Cc1ccc(-c2cc(-c3cc4n(n3)CCNC4=O)ccn2)cc1. The molecule has 0 aliphatic carbocycles. The van der Waals surface area contributed by atoms with Crippen molar-refractivity contribution in [2.24, 2.45) is 0 Å². The number of aromatic nitrogens is 3. The first kappa shape index (κ1) is 21.7. The molecule has 3 aromatic rings. The molecule has 0 saturated carbocycles. The van der Waals surface area contributed by atoms with Crippen LogP contribution in [0, 0.1) is 0 Å². The van der Waals surface area contributed by atoms with Crippen LogP contribution < -0.4 is 5.32 Å². The van der Waals surface area contributed by atoms with E-state index >= 15 is 0 Å².